The number of methoxy groups -OCH3 is 1. The summed E-state index contributed by atoms with van der Waals surface area (Å²) in [6, 6.07) is 12.2. The van der Waals surface area contributed by atoms with E-state index in [0.29, 0.717) is 12.2 Å². The number of hydrogen-bond donors (Lipinski definition) is 0. The Morgan fingerprint density at radius 1 is 1.05 bits per heavy atom. The third kappa shape index (κ3) is 4.36. The number of aryl methyl sites for hydroxylation is 1. The lowest BCUT2D eigenvalue weighted by Crippen LogP contribution is -2.61. The maximum absolute atomic E-state index is 13.3. The van der Waals surface area contributed by atoms with Crippen molar-refractivity contribution >= 4 is 29.5 Å². The van der Waals surface area contributed by atoms with Gasteiger partial charge in [0.1, 0.15) is 0 Å². The molecule has 0 aromatic heterocycles. The predicted molar refractivity (Wildman–Crippen MR) is 140 cm³/mol. The Morgan fingerprint density at radius 3 is 2.41 bits per heavy atom. The number of rotatable bonds is 5. The SMILES string of the molecule is COC1=CC2C3C(Sc4ccc(C)cc4)c4ccc(OC(C)=O)c(OC(C)=O)c4C2(CCN3C)CC1=O. The van der Waals surface area contributed by atoms with E-state index < -0.39 is 17.4 Å². The van der Waals surface area contributed by atoms with E-state index in [2.05, 4.69) is 43.1 Å². The highest BCUT2D eigenvalue weighted by Crippen LogP contribution is 2.63. The largest absolute Gasteiger partial charge is 0.493 e. The van der Waals surface area contributed by atoms with Crippen molar-refractivity contribution in [3.05, 3.63) is 64.9 Å². The Balaban J connectivity index is 1.79. The molecule has 1 fully saturated rings. The van der Waals surface area contributed by atoms with Crippen LogP contribution in [0.5, 0.6) is 11.5 Å². The minimum Gasteiger partial charge on any atom is -0.493 e. The number of nitrogens with zero attached hydrogens (tertiary/aromatic N) is 1. The lowest BCUT2D eigenvalue weighted by molar-refractivity contribution is -0.134. The minimum atomic E-state index is -0.614. The predicted octanol–water partition coefficient (Wildman–Crippen LogP) is 4.75. The molecule has 1 saturated heterocycles. The van der Waals surface area contributed by atoms with Gasteiger partial charge in [0, 0.05) is 48.1 Å². The van der Waals surface area contributed by atoms with Gasteiger partial charge in [-0.1, -0.05) is 23.8 Å². The van der Waals surface area contributed by atoms with Gasteiger partial charge in [-0.15, -0.1) is 11.8 Å². The van der Waals surface area contributed by atoms with Gasteiger partial charge in [-0.2, -0.15) is 0 Å². The summed E-state index contributed by atoms with van der Waals surface area (Å²) in [6.45, 7) is 5.48. The summed E-state index contributed by atoms with van der Waals surface area (Å²) >= 11 is 1.75. The number of carbonyl (C=O) groups is 3. The van der Waals surface area contributed by atoms with E-state index in [1.807, 2.05) is 12.1 Å². The van der Waals surface area contributed by atoms with Gasteiger partial charge < -0.3 is 19.1 Å². The van der Waals surface area contributed by atoms with Crippen LogP contribution in [-0.2, 0) is 24.5 Å². The van der Waals surface area contributed by atoms with Crippen molar-refractivity contribution in [3.8, 4) is 11.5 Å². The summed E-state index contributed by atoms with van der Waals surface area (Å²) in [5.74, 6) is -0.368. The van der Waals surface area contributed by atoms with Gasteiger partial charge in [0.25, 0.3) is 0 Å². The number of piperidine rings is 1. The van der Waals surface area contributed by atoms with Crippen molar-refractivity contribution in [3.63, 3.8) is 0 Å². The zero-order chi connectivity index (χ0) is 26.5. The van der Waals surface area contributed by atoms with Crippen molar-refractivity contribution in [2.45, 2.75) is 55.2 Å². The zero-order valence-corrected chi connectivity index (χ0v) is 22.5. The molecule has 2 aromatic carbocycles. The first-order valence-corrected chi connectivity index (χ1v) is 13.3. The number of thioether (sulfide) groups is 1. The van der Waals surface area contributed by atoms with E-state index in [-0.39, 0.29) is 40.9 Å². The number of hydrogen-bond acceptors (Lipinski definition) is 8. The van der Waals surface area contributed by atoms with E-state index in [1.54, 1.807) is 17.8 Å². The third-order valence-electron chi connectivity index (χ3n) is 7.78. The van der Waals surface area contributed by atoms with Crippen LogP contribution < -0.4 is 9.47 Å². The number of allylic oxidation sites excluding steroid dienone is 1. The fourth-order valence-corrected chi connectivity index (χ4v) is 7.68. The van der Waals surface area contributed by atoms with Crippen LogP contribution in [0.3, 0.4) is 0 Å². The van der Waals surface area contributed by atoms with E-state index >= 15 is 0 Å². The molecular weight excluding hydrogens is 490 g/mol. The molecule has 4 atom stereocenters. The molecular formula is C29H31NO6S. The quantitative estimate of drug-likeness (QED) is 0.412. The molecule has 37 heavy (non-hydrogen) atoms. The van der Waals surface area contributed by atoms with Crippen LogP contribution in [0.15, 0.2) is 53.1 Å². The summed E-state index contributed by atoms with van der Waals surface area (Å²) < 4.78 is 16.8. The van der Waals surface area contributed by atoms with Crippen LogP contribution in [0.2, 0.25) is 0 Å². The normalized spacial score (nSPS) is 26.5. The molecule has 0 amide bonds. The number of carbonyl (C=O) groups excluding carboxylic acids is 3. The molecule has 0 N–H and O–H groups in total. The van der Waals surface area contributed by atoms with Crippen LogP contribution in [-0.4, -0.2) is 49.4 Å². The number of Topliss-reactive ketones (excluding diaryl/α,β-unsaturated/α-hetero) is 1. The summed E-state index contributed by atoms with van der Waals surface area (Å²) in [4.78, 5) is 41.0. The number of fused-ring (bicyclic) bond motifs is 1. The molecule has 1 heterocycles. The maximum Gasteiger partial charge on any atom is 0.308 e. The van der Waals surface area contributed by atoms with Gasteiger partial charge >= 0.3 is 11.9 Å². The number of ketones is 1. The van der Waals surface area contributed by atoms with Gasteiger partial charge in [-0.05, 0) is 56.8 Å². The summed E-state index contributed by atoms with van der Waals surface area (Å²) in [6.07, 6.45) is 2.89. The molecule has 194 valence electrons. The van der Waals surface area contributed by atoms with Crippen LogP contribution in [0.25, 0.3) is 0 Å². The van der Waals surface area contributed by atoms with Gasteiger partial charge in [-0.3, -0.25) is 14.4 Å². The van der Waals surface area contributed by atoms with Crippen LogP contribution in [0.4, 0.5) is 0 Å². The van der Waals surface area contributed by atoms with E-state index in [4.69, 9.17) is 14.2 Å². The smallest absolute Gasteiger partial charge is 0.308 e. The highest BCUT2D eigenvalue weighted by Gasteiger charge is 2.60. The number of likely N-dealkylation sites (N-methyl/N-ethyl adjacent to an activating group) is 1. The Hall–Kier alpha value is -3.10. The van der Waals surface area contributed by atoms with Crippen molar-refractivity contribution in [2.24, 2.45) is 5.92 Å². The van der Waals surface area contributed by atoms with E-state index in [9.17, 15) is 14.4 Å². The maximum atomic E-state index is 13.3. The Morgan fingerprint density at radius 2 is 1.76 bits per heavy atom. The molecule has 3 aliphatic rings. The first-order valence-electron chi connectivity index (χ1n) is 12.4. The molecule has 2 aromatic rings. The average Bonchev–Trinajstić information content (AvgIpc) is 2.84. The second kappa shape index (κ2) is 9.65. The number of likely N-dealkylation sites (tertiary alicyclic amines) is 1. The minimum absolute atomic E-state index is 0.0376. The lowest BCUT2D eigenvalue weighted by Gasteiger charge is -2.59. The van der Waals surface area contributed by atoms with Crippen molar-refractivity contribution in [1.82, 2.24) is 4.90 Å². The van der Waals surface area contributed by atoms with Gasteiger partial charge in [0.05, 0.1) is 12.4 Å². The standard InChI is InChI=1S/C29H31NO6S/c1-16-6-8-19(9-7-16)37-28-20-10-11-23(35-17(2)31)27(36-18(3)32)25(20)29-12-13-30(4)26(28)21(29)14-24(34-5)22(33)15-29/h6-11,14,21,26,28H,12-13,15H2,1-5H3. The average molecular weight is 522 g/mol. The molecule has 0 spiro atoms. The molecule has 5 rings (SSSR count). The van der Waals surface area contributed by atoms with Gasteiger partial charge in [0.2, 0.25) is 0 Å². The van der Waals surface area contributed by atoms with Crippen LogP contribution in [0.1, 0.15) is 48.6 Å². The first-order chi connectivity index (χ1) is 17.6. The second-order valence-corrected chi connectivity index (χ2v) is 11.3. The third-order valence-corrected chi connectivity index (χ3v) is 9.11. The highest BCUT2D eigenvalue weighted by molar-refractivity contribution is 7.99. The fourth-order valence-electron chi connectivity index (χ4n) is 6.26. The Kier molecular flexibility index (Phi) is 6.66. The molecule has 0 radical (unpaired) electrons. The van der Waals surface area contributed by atoms with Crippen molar-refractivity contribution in [1.29, 1.82) is 0 Å². The highest BCUT2D eigenvalue weighted by atomic mass is 32.2. The van der Waals surface area contributed by atoms with Crippen molar-refractivity contribution in [2.75, 3.05) is 20.7 Å². The molecule has 1 aliphatic heterocycles. The van der Waals surface area contributed by atoms with Crippen molar-refractivity contribution < 1.29 is 28.6 Å². The summed E-state index contributed by atoms with van der Waals surface area (Å²) in [5.41, 5.74) is 2.35. The Labute approximate surface area is 221 Å². The van der Waals surface area contributed by atoms with Crippen LogP contribution in [0, 0.1) is 12.8 Å². The van der Waals surface area contributed by atoms with Gasteiger partial charge in [-0.25, -0.2) is 0 Å². The van der Waals surface area contributed by atoms with Gasteiger partial charge in [0.15, 0.2) is 23.0 Å². The fraction of sp³-hybridized carbons (Fsp3) is 0.414. The topological polar surface area (TPSA) is 82.1 Å². The number of benzene rings is 2. The molecule has 2 bridgehead atoms. The zero-order valence-electron chi connectivity index (χ0n) is 21.7. The second-order valence-electron chi connectivity index (χ2n) is 10.1. The number of ether oxygens (including phenoxy) is 3. The Bertz CT molecular complexity index is 1300. The molecule has 2 aliphatic carbocycles. The lowest BCUT2D eigenvalue weighted by atomic mass is 9.53. The molecule has 0 saturated carbocycles. The van der Waals surface area contributed by atoms with Crippen LogP contribution >= 0.6 is 11.8 Å². The monoisotopic (exact) mass is 521 g/mol. The summed E-state index contributed by atoms with van der Waals surface area (Å²) in [5, 5.41) is -0.0376. The van der Waals surface area contributed by atoms with E-state index in [0.717, 1.165) is 22.6 Å². The number of esters is 2. The first kappa shape index (κ1) is 25.5. The molecule has 7 nitrogen and oxygen atoms in total. The molecule has 8 heteroatoms. The summed E-state index contributed by atoms with van der Waals surface area (Å²) in [7, 11) is 3.65. The molecule has 4 unspecified atom stereocenters. The van der Waals surface area contributed by atoms with E-state index in [1.165, 1.54) is 26.5 Å².